The minimum absolute atomic E-state index is 0.220. The van der Waals surface area contributed by atoms with E-state index in [1.54, 1.807) is 0 Å². The lowest BCUT2D eigenvalue weighted by Crippen LogP contribution is -2.26. The number of aromatic nitrogens is 2. The van der Waals surface area contributed by atoms with E-state index in [2.05, 4.69) is 37.7 Å². The molecule has 0 radical (unpaired) electrons. The lowest BCUT2D eigenvalue weighted by molar-refractivity contribution is 0.289. The van der Waals surface area contributed by atoms with Crippen molar-refractivity contribution in [2.45, 2.75) is 32.1 Å². The van der Waals surface area contributed by atoms with Crippen LogP contribution in [0.25, 0.3) is 0 Å². The lowest BCUT2D eigenvalue weighted by atomic mass is 10.3. The molecule has 0 aromatic carbocycles. The van der Waals surface area contributed by atoms with E-state index in [9.17, 15) is 0 Å². The molecule has 1 saturated carbocycles. The summed E-state index contributed by atoms with van der Waals surface area (Å²) in [6, 6.07) is 1.95. The normalized spacial score (nSPS) is 15.0. The molecule has 94 valence electrons. The van der Waals surface area contributed by atoms with Crippen LogP contribution in [-0.4, -0.2) is 34.8 Å². The standard InChI is InChI=1S/C12H18BrN3O/c1-2-16(6-3-7-17)11-8-10(13)14-12(15-11)9-4-5-9/h8-9,17H,2-7H2,1H3. The predicted octanol–water partition coefficient (Wildman–Crippen LogP) is 2.33. The molecule has 2 rings (SSSR count). The van der Waals surface area contributed by atoms with Crippen LogP contribution in [0.1, 0.15) is 37.9 Å². The van der Waals surface area contributed by atoms with Crippen molar-refractivity contribution in [3.63, 3.8) is 0 Å². The van der Waals surface area contributed by atoms with E-state index in [1.807, 2.05) is 6.07 Å². The Hall–Kier alpha value is -0.680. The van der Waals surface area contributed by atoms with Crippen LogP contribution in [0.15, 0.2) is 10.7 Å². The van der Waals surface area contributed by atoms with E-state index in [1.165, 1.54) is 12.8 Å². The highest BCUT2D eigenvalue weighted by atomic mass is 79.9. The molecule has 0 spiro atoms. The smallest absolute Gasteiger partial charge is 0.135 e. The van der Waals surface area contributed by atoms with Crippen molar-refractivity contribution < 1.29 is 5.11 Å². The molecular formula is C12H18BrN3O. The molecule has 4 nitrogen and oxygen atoms in total. The summed E-state index contributed by atoms with van der Waals surface area (Å²) >= 11 is 3.45. The van der Waals surface area contributed by atoms with Crippen LogP contribution in [0.2, 0.25) is 0 Å². The van der Waals surface area contributed by atoms with Gasteiger partial charge in [-0.15, -0.1) is 0 Å². The highest BCUT2D eigenvalue weighted by molar-refractivity contribution is 9.10. The fraction of sp³-hybridized carbons (Fsp3) is 0.667. The molecule has 1 aromatic rings. The maximum absolute atomic E-state index is 8.90. The van der Waals surface area contributed by atoms with Crippen molar-refractivity contribution in [1.29, 1.82) is 0 Å². The summed E-state index contributed by atoms with van der Waals surface area (Å²) in [5.74, 6) is 2.48. The van der Waals surface area contributed by atoms with Crippen LogP contribution in [0, 0.1) is 0 Å². The number of hydrogen-bond donors (Lipinski definition) is 1. The first-order chi connectivity index (χ1) is 8.24. The highest BCUT2D eigenvalue weighted by Crippen LogP contribution is 2.39. The van der Waals surface area contributed by atoms with Crippen molar-refractivity contribution >= 4 is 21.7 Å². The first-order valence-corrected chi connectivity index (χ1v) is 6.94. The number of hydrogen-bond acceptors (Lipinski definition) is 4. The van der Waals surface area contributed by atoms with Crippen LogP contribution >= 0.6 is 15.9 Å². The SMILES string of the molecule is CCN(CCCO)c1cc(Br)nc(C2CC2)n1. The van der Waals surface area contributed by atoms with Crippen LogP contribution in [0.5, 0.6) is 0 Å². The third kappa shape index (κ3) is 3.39. The molecule has 0 aliphatic heterocycles. The largest absolute Gasteiger partial charge is 0.396 e. The molecule has 1 aliphatic carbocycles. The second kappa shape index (κ2) is 5.78. The second-order valence-electron chi connectivity index (χ2n) is 4.34. The van der Waals surface area contributed by atoms with Gasteiger partial charge in [-0.2, -0.15) is 0 Å². The number of aliphatic hydroxyl groups is 1. The molecular weight excluding hydrogens is 282 g/mol. The molecule has 1 heterocycles. The van der Waals surface area contributed by atoms with E-state index in [0.717, 1.165) is 35.8 Å². The van der Waals surface area contributed by atoms with Crippen LogP contribution in [-0.2, 0) is 0 Å². The minimum Gasteiger partial charge on any atom is -0.396 e. The maximum atomic E-state index is 8.90. The van der Waals surface area contributed by atoms with E-state index in [4.69, 9.17) is 5.11 Å². The van der Waals surface area contributed by atoms with Gasteiger partial charge in [0.15, 0.2) is 0 Å². The third-order valence-corrected chi connectivity index (χ3v) is 3.34. The summed E-state index contributed by atoms with van der Waals surface area (Å²) < 4.78 is 0.854. The Labute approximate surface area is 110 Å². The Kier molecular flexibility index (Phi) is 4.34. The first-order valence-electron chi connectivity index (χ1n) is 6.15. The summed E-state index contributed by atoms with van der Waals surface area (Å²) in [5.41, 5.74) is 0. The summed E-state index contributed by atoms with van der Waals surface area (Å²) in [7, 11) is 0. The second-order valence-corrected chi connectivity index (χ2v) is 5.15. The first kappa shape index (κ1) is 12.8. The number of rotatable bonds is 6. The van der Waals surface area contributed by atoms with Crippen molar-refractivity contribution in [2.75, 3.05) is 24.6 Å². The van der Waals surface area contributed by atoms with Gasteiger partial charge in [0.1, 0.15) is 16.2 Å². The zero-order chi connectivity index (χ0) is 12.3. The van der Waals surface area contributed by atoms with Gasteiger partial charge < -0.3 is 10.0 Å². The van der Waals surface area contributed by atoms with Gasteiger partial charge in [0, 0.05) is 31.7 Å². The molecule has 0 bridgehead atoms. The van der Waals surface area contributed by atoms with Crippen molar-refractivity contribution in [3.05, 3.63) is 16.5 Å². The maximum Gasteiger partial charge on any atom is 0.135 e. The lowest BCUT2D eigenvalue weighted by Gasteiger charge is -2.22. The summed E-state index contributed by atoms with van der Waals surface area (Å²) in [4.78, 5) is 11.2. The van der Waals surface area contributed by atoms with Gasteiger partial charge in [-0.3, -0.25) is 0 Å². The van der Waals surface area contributed by atoms with Crippen molar-refractivity contribution in [1.82, 2.24) is 9.97 Å². The molecule has 1 fully saturated rings. The Morgan fingerprint density at radius 2 is 2.24 bits per heavy atom. The summed E-state index contributed by atoms with van der Waals surface area (Å²) in [5, 5.41) is 8.90. The van der Waals surface area contributed by atoms with E-state index >= 15 is 0 Å². The van der Waals surface area contributed by atoms with Gasteiger partial charge in [0.25, 0.3) is 0 Å². The van der Waals surface area contributed by atoms with Gasteiger partial charge in [-0.05, 0) is 42.1 Å². The van der Waals surface area contributed by atoms with Crippen LogP contribution < -0.4 is 4.90 Å². The molecule has 1 N–H and O–H groups in total. The average molecular weight is 300 g/mol. The van der Waals surface area contributed by atoms with Crippen molar-refractivity contribution in [3.8, 4) is 0 Å². The number of anilines is 1. The molecule has 1 aliphatic rings. The van der Waals surface area contributed by atoms with Gasteiger partial charge in [-0.25, -0.2) is 9.97 Å². The third-order valence-electron chi connectivity index (χ3n) is 2.93. The Balaban J connectivity index is 2.16. The zero-order valence-electron chi connectivity index (χ0n) is 10.1. The van der Waals surface area contributed by atoms with E-state index in [0.29, 0.717) is 5.92 Å². The zero-order valence-corrected chi connectivity index (χ0v) is 11.7. The summed E-state index contributed by atoms with van der Waals surface area (Å²) in [6.45, 7) is 4.05. The molecule has 0 amide bonds. The van der Waals surface area contributed by atoms with Gasteiger partial charge in [-0.1, -0.05) is 0 Å². The Morgan fingerprint density at radius 1 is 1.47 bits per heavy atom. The molecule has 1 aromatic heterocycles. The van der Waals surface area contributed by atoms with Gasteiger partial charge in [0.05, 0.1) is 0 Å². The minimum atomic E-state index is 0.220. The Bertz CT molecular complexity index is 382. The molecule has 17 heavy (non-hydrogen) atoms. The molecule has 5 heteroatoms. The molecule has 0 saturated heterocycles. The highest BCUT2D eigenvalue weighted by Gasteiger charge is 2.27. The van der Waals surface area contributed by atoms with E-state index in [-0.39, 0.29) is 6.61 Å². The van der Waals surface area contributed by atoms with E-state index < -0.39 is 0 Å². The van der Waals surface area contributed by atoms with Crippen LogP contribution in [0.4, 0.5) is 5.82 Å². The number of halogens is 1. The fourth-order valence-corrected chi connectivity index (χ4v) is 2.19. The molecule has 0 atom stereocenters. The topological polar surface area (TPSA) is 49.2 Å². The quantitative estimate of drug-likeness (QED) is 0.819. The monoisotopic (exact) mass is 299 g/mol. The number of nitrogens with zero attached hydrogens (tertiary/aromatic N) is 3. The van der Waals surface area contributed by atoms with Crippen molar-refractivity contribution in [2.24, 2.45) is 0 Å². The summed E-state index contributed by atoms with van der Waals surface area (Å²) in [6.07, 6.45) is 3.19. The van der Waals surface area contributed by atoms with Gasteiger partial charge in [0.2, 0.25) is 0 Å². The van der Waals surface area contributed by atoms with Crippen LogP contribution in [0.3, 0.4) is 0 Å². The average Bonchev–Trinajstić information content (AvgIpc) is 3.13. The van der Waals surface area contributed by atoms with Gasteiger partial charge >= 0.3 is 0 Å². The predicted molar refractivity (Wildman–Crippen MR) is 71.3 cm³/mol. The fourth-order valence-electron chi connectivity index (χ4n) is 1.81. The molecule has 0 unspecified atom stereocenters. The number of aliphatic hydroxyl groups excluding tert-OH is 1. The Morgan fingerprint density at radius 3 is 2.82 bits per heavy atom.